The summed E-state index contributed by atoms with van der Waals surface area (Å²) in [4.78, 5) is 4.43. The van der Waals surface area contributed by atoms with Gasteiger partial charge in [-0.05, 0) is 36.2 Å². The summed E-state index contributed by atoms with van der Waals surface area (Å²) in [7, 11) is -0.0765. The van der Waals surface area contributed by atoms with Crippen molar-refractivity contribution in [3.05, 3.63) is 59.1 Å². The zero-order valence-corrected chi connectivity index (χ0v) is 19.7. The summed E-state index contributed by atoms with van der Waals surface area (Å²) in [6.07, 6.45) is 0.700. The summed E-state index contributed by atoms with van der Waals surface area (Å²) in [5.74, 6) is 1.25. The van der Waals surface area contributed by atoms with E-state index in [0.717, 1.165) is 5.56 Å². The molecule has 0 atom stereocenters. The topological polar surface area (TPSA) is 79.8 Å². The van der Waals surface area contributed by atoms with Gasteiger partial charge in [-0.15, -0.1) is 24.0 Å². The van der Waals surface area contributed by atoms with E-state index < -0.39 is 9.84 Å². The van der Waals surface area contributed by atoms with Crippen molar-refractivity contribution in [1.82, 2.24) is 10.6 Å². The van der Waals surface area contributed by atoms with Crippen LogP contribution in [-0.4, -0.2) is 47.4 Å². The van der Waals surface area contributed by atoms with Crippen molar-refractivity contribution < 1.29 is 13.2 Å². The van der Waals surface area contributed by atoms with Crippen LogP contribution in [0.15, 0.2) is 58.4 Å². The van der Waals surface area contributed by atoms with Crippen LogP contribution in [0.4, 0.5) is 0 Å². The largest absolute Gasteiger partial charge is 0.497 e. The number of hydrogen-bond acceptors (Lipinski definition) is 4. The minimum Gasteiger partial charge on any atom is -0.497 e. The summed E-state index contributed by atoms with van der Waals surface area (Å²) in [5, 5.41) is 6.82. The smallest absolute Gasteiger partial charge is 0.191 e. The van der Waals surface area contributed by atoms with Crippen molar-refractivity contribution in [2.45, 2.75) is 11.3 Å². The molecule has 0 fully saturated rings. The Hall–Kier alpha value is -1.52. The maximum Gasteiger partial charge on any atom is 0.191 e. The minimum absolute atomic E-state index is 0. The molecule has 0 bridgehead atoms. The molecule has 154 valence electrons. The van der Waals surface area contributed by atoms with Gasteiger partial charge in [0.2, 0.25) is 0 Å². The third-order valence-corrected chi connectivity index (χ3v) is 6.02. The third kappa shape index (κ3) is 7.48. The normalized spacial score (nSPS) is 11.5. The van der Waals surface area contributed by atoms with E-state index in [0.29, 0.717) is 34.6 Å². The predicted octanol–water partition coefficient (Wildman–Crippen LogP) is 3.15. The van der Waals surface area contributed by atoms with Crippen LogP contribution in [0.2, 0.25) is 5.02 Å². The molecule has 2 aromatic carbocycles. The van der Waals surface area contributed by atoms with Crippen LogP contribution in [-0.2, 0) is 16.3 Å². The predicted molar refractivity (Wildman–Crippen MR) is 125 cm³/mol. The van der Waals surface area contributed by atoms with Gasteiger partial charge in [0.1, 0.15) is 5.75 Å². The molecule has 0 heterocycles. The summed E-state index contributed by atoms with van der Waals surface area (Å²) in [6.45, 7) is 0.872. The molecule has 0 radical (unpaired) electrons. The lowest BCUT2D eigenvalue weighted by Gasteiger charge is -2.13. The fourth-order valence-corrected chi connectivity index (χ4v) is 3.89. The minimum atomic E-state index is -3.31. The number of sulfone groups is 1. The zero-order chi connectivity index (χ0) is 19.7. The van der Waals surface area contributed by atoms with E-state index in [2.05, 4.69) is 15.6 Å². The second-order valence-corrected chi connectivity index (χ2v) is 8.28. The number of aliphatic imine (C=N–C) groups is 1. The monoisotopic (exact) mass is 537 g/mol. The summed E-state index contributed by atoms with van der Waals surface area (Å²) < 4.78 is 29.7. The average Bonchev–Trinajstić information content (AvgIpc) is 2.68. The molecule has 0 unspecified atom stereocenters. The second kappa shape index (κ2) is 12.1. The van der Waals surface area contributed by atoms with Crippen LogP contribution >= 0.6 is 35.6 Å². The van der Waals surface area contributed by atoms with Crippen molar-refractivity contribution in [2.24, 2.45) is 4.99 Å². The number of guanidine groups is 1. The van der Waals surface area contributed by atoms with Crippen LogP contribution in [0, 0.1) is 0 Å². The Labute approximate surface area is 188 Å². The molecule has 9 heteroatoms. The number of hydrogen-bond donors (Lipinski definition) is 2. The van der Waals surface area contributed by atoms with Crippen LogP contribution in [0.25, 0.3) is 0 Å². The van der Waals surface area contributed by atoms with E-state index >= 15 is 0 Å². The molecular formula is C19H25ClIN3O3S. The molecule has 0 aliphatic heterocycles. The van der Waals surface area contributed by atoms with Gasteiger partial charge >= 0.3 is 0 Å². The molecule has 0 saturated carbocycles. The van der Waals surface area contributed by atoms with Gasteiger partial charge in [0.25, 0.3) is 0 Å². The highest BCUT2D eigenvalue weighted by Gasteiger charge is 2.13. The first-order valence-corrected chi connectivity index (χ1v) is 10.5. The highest BCUT2D eigenvalue weighted by Crippen LogP contribution is 2.22. The second-order valence-electron chi connectivity index (χ2n) is 5.77. The first-order chi connectivity index (χ1) is 13.0. The molecule has 6 nitrogen and oxygen atoms in total. The Kier molecular flexibility index (Phi) is 10.6. The van der Waals surface area contributed by atoms with Crippen molar-refractivity contribution in [3.8, 4) is 5.75 Å². The highest BCUT2D eigenvalue weighted by molar-refractivity contribution is 14.0. The van der Waals surface area contributed by atoms with Crippen LogP contribution in [0.3, 0.4) is 0 Å². The van der Waals surface area contributed by atoms with Gasteiger partial charge in [-0.2, -0.15) is 0 Å². The Bertz CT molecular complexity index is 877. The third-order valence-electron chi connectivity index (χ3n) is 3.94. The molecule has 2 aromatic rings. The lowest BCUT2D eigenvalue weighted by Crippen LogP contribution is -2.40. The number of ether oxygens (including phenoxy) is 1. The van der Waals surface area contributed by atoms with Crippen molar-refractivity contribution in [1.29, 1.82) is 0 Å². The molecule has 0 aliphatic rings. The molecule has 28 heavy (non-hydrogen) atoms. The van der Waals surface area contributed by atoms with E-state index in [1.807, 2.05) is 12.1 Å². The molecule has 2 N–H and O–H groups in total. The standard InChI is InChI=1S/C19H24ClN3O3S.HI/c1-21-19(22-11-10-15-8-9-16(26-2)14-18(15)20)23-12-13-27(24,25)17-6-4-3-5-7-17;/h3-9,14H,10-13H2,1-2H3,(H2,21,22,23);1H. The van der Waals surface area contributed by atoms with Gasteiger partial charge < -0.3 is 15.4 Å². The van der Waals surface area contributed by atoms with Gasteiger partial charge in [0.15, 0.2) is 15.8 Å². The molecule has 0 amide bonds. The Balaban J connectivity index is 0.00000392. The molecule has 0 spiro atoms. The van der Waals surface area contributed by atoms with Gasteiger partial charge in [-0.1, -0.05) is 35.9 Å². The number of methoxy groups -OCH3 is 1. The molecule has 0 aromatic heterocycles. The van der Waals surface area contributed by atoms with Crippen LogP contribution in [0.1, 0.15) is 5.56 Å². The average molecular weight is 538 g/mol. The van der Waals surface area contributed by atoms with Crippen molar-refractivity contribution >= 4 is 51.4 Å². The van der Waals surface area contributed by atoms with E-state index in [1.54, 1.807) is 50.6 Å². The van der Waals surface area contributed by atoms with E-state index in [9.17, 15) is 8.42 Å². The summed E-state index contributed by atoms with van der Waals surface area (Å²) in [6, 6.07) is 14.0. The summed E-state index contributed by atoms with van der Waals surface area (Å²) >= 11 is 6.23. The molecular weight excluding hydrogens is 513 g/mol. The highest BCUT2D eigenvalue weighted by atomic mass is 127. The van der Waals surface area contributed by atoms with Gasteiger partial charge in [-0.3, -0.25) is 4.99 Å². The first-order valence-electron chi connectivity index (χ1n) is 8.51. The van der Waals surface area contributed by atoms with Crippen LogP contribution < -0.4 is 15.4 Å². The lowest BCUT2D eigenvalue weighted by molar-refractivity contribution is 0.414. The Morgan fingerprint density at radius 1 is 1.11 bits per heavy atom. The first kappa shape index (κ1) is 24.5. The number of benzene rings is 2. The number of nitrogens with one attached hydrogen (secondary N) is 2. The van der Waals surface area contributed by atoms with Crippen molar-refractivity contribution in [2.75, 3.05) is 33.0 Å². The number of nitrogens with zero attached hydrogens (tertiary/aromatic N) is 1. The Morgan fingerprint density at radius 2 is 1.79 bits per heavy atom. The van der Waals surface area contributed by atoms with Gasteiger partial charge in [0.05, 0.1) is 17.8 Å². The zero-order valence-electron chi connectivity index (χ0n) is 15.8. The molecule has 2 rings (SSSR count). The Morgan fingerprint density at radius 3 is 2.39 bits per heavy atom. The maximum atomic E-state index is 12.3. The summed E-state index contributed by atoms with van der Waals surface area (Å²) in [5.41, 5.74) is 0.993. The lowest BCUT2D eigenvalue weighted by atomic mass is 10.1. The van der Waals surface area contributed by atoms with Crippen LogP contribution in [0.5, 0.6) is 5.75 Å². The quantitative estimate of drug-likeness (QED) is 0.307. The number of halogens is 2. The van der Waals surface area contributed by atoms with E-state index in [4.69, 9.17) is 16.3 Å². The number of rotatable bonds is 8. The molecule has 0 aliphatic carbocycles. The fourth-order valence-electron chi connectivity index (χ4n) is 2.44. The molecule has 0 saturated heterocycles. The van der Waals surface area contributed by atoms with Gasteiger partial charge in [0, 0.05) is 25.2 Å². The van der Waals surface area contributed by atoms with Crippen molar-refractivity contribution in [3.63, 3.8) is 0 Å². The SMILES string of the molecule is CN=C(NCCc1ccc(OC)cc1Cl)NCCS(=O)(=O)c1ccccc1.I. The fraction of sp³-hybridized carbons (Fsp3) is 0.316. The van der Waals surface area contributed by atoms with E-state index in [-0.39, 0.29) is 36.3 Å². The maximum absolute atomic E-state index is 12.3. The van der Waals surface area contributed by atoms with E-state index in [1.165, 1.54) is 0 Å². The van der Waals surface area contributed by atoms with Gasteiger partial charge in [-0.25, -0.2) is 8.42 Å².